The molecular weight excluding hydrogens is 875 g/mol. The van der Waals surface area contributed by atoms with Gasteiger partial charge in [-0.05, 0) is 141 Å². The smallest absolute Gasteiger partial charge is 0.303 e. The first-order valence-corrected chi connectivity index (χ1v) is 23.1. The molecule has 0 bridgehead atoms. The van der Waals surface area contributed by atoms with Crippen LogP contribution >= 0.6 is 0 Å². The van der Waals surface area contributed by atoms with Gasteiger partial charge in [0.2, 0.25) is 0 Å². The van der Waals surface area contributed by atoms with Crippen LogP contribution in [0.4, 0.5) is 8.78 Å². The van der Waals surface area contributed by atoms with Gasteiger partial charge < -0.3 is 29.2 Å². The van der Waals surface area contributed by atoms with Crippen LogP contribution in [0.25, 0.3) is 22.3 Å². The van der Waals surface area contributed by atoms with Gasteiger partial charge >= 0.3 is 11.9 Å². The molecule has 0 heterocycles. The van der Waals surface area contributed by atoms with Crippen LogP contribution in [-0.2, 0) is 33.6 Å². The van der Waals surface area contributed by atoms with Crippen molar-refractivity contribution in [1.82, 2.24) is 0 Å². The molecule has 6 rings (SSSR count). The molecule has 0 aliphatic carbocycles. The second kappa shape index (κ2) is 24.6. The molecule has 0 unspecified atom stereocenters. The summed E-state index contributed by atoms with van der Waals surface area (Å²) in [6.45, 7) is 17.3. The predicted octanol–water partition coefficient (Wildman–Crippen LogP) is 15.3. The van der Waals surface area contributed by atoms with Gasteiger partial charge in [0.05, 0.1) is 27.1 Å². The summed E-state index contributed by atoms with van der Waals surface area (Å²) in [5.74, 6) is 0.312. The minimum atomic E-state index is -0.805. The van der Waals surface area contributed by atoms with Crippen molar-refractivity contribution in [3.05, 3.63) is 166 Å². The third kappa shape index (κ3) is 15.2. The molecule has 0 amide bonds. The Labute approximate surface area is 408 Å². The largest absolute Gasteiger partial charge is 0.497 e. The molecule has 2 atom stereocenters. The Morgan fingerprint density at radius 1 is 0.507 bits per heavy atom. The maximum absolute atomic E-state index is 14.7. The van der Waals surface area contributed by atoms with Gasteiger partial charge in [0.25, 0.3) is 0 Å². The zero-order chi connectivity index (χ0) is 49.8. The van der Waals surface area contributed by atoms with Crippen molar-refractivity contribution in [2.75, 3.05) is 14.2 Å². The molecule has 0 aromatic heterocycles. The van der Waals surface area contributed by atoms with E-state index in [4.69, 9.17) is 18.9 Å². The summed E-state index contributed by atoms with van der Waals surface area (Å²) in [7, 11) is 3.14. The molecule has 0 radical (unpaired) electrons. The zero-order valence-corrected chi connectivity index (χ0v) is 41.0. The fourth-order valence-electron chi connectivity index (χ4n) is 8.22. The molecule has 0 spiro atoms. The average Bonchev–Trinajstić information content (AvgIpc) is 3.31. The number of hydrogen-bond donors (Lipinski definition) is 2. The first-order chi connectivity index (χ1) is 32.2. The van der Waals surface area contributed by atoms with Crippen LogP contribution < -0.4 is 18.9 Å². The van der Waals surface area contributed by atoms with E-state index in [2.05, 4.69) is 53.7 Å². The van der Waals surface area contributed by atoms with Crippen LogP contribution in [0.15, 0.2) is 121 Å². The summed E-state index contributed by atoms with van der Waals surface area (Å²) in [4.78, 5) is 22.4. The normalized spacial score (nSPS) is 12.1. The minimum absolute atomic E-state index is 0. The number of carbonyl (C=O) groups is 2. The zero-order valence-electron chi connectivity index (χ0n) is 41.0. The average molecular weight is 945 g/mol. The van der Waals surface area contributed by atoms with Gasteiger partial charge in [0.1, 0.15) is 47.8 Å². The molecule has 69 heavy (non-hydrogen) atoms. The SMILES string of the molecule is C.CC[C@@H](CC(=O)O)c1cccc(OCc2ccc(-c3cc(OC)ccc3F)c(C(C)(C)C)c2)c1.CC[C@H](CC(=O)O)c1cccc(OCc2ccc(-c3cc(OC)ccc3F)c(C(C)(C)C)c2)c1. The van der Waals surface area contributed by atoms with E-state index in [1.165, 1.54) is 12.1 Å². The van der Waals surface area contributed by atoms with E-state index in [9.17, 15) is 28.6 Å². The Morgan fingerprint density at radius 3 is 1.20 bits per heavy atom. The van der Waals surface area contributed by atoms with E-state index in [1.54, 1.807) is 38.5 Å². The highest BCUT2D eigenvalue weighted by Gasteiger charge is 2.24. The number of ether oxygens (including phenoxy) is 4. The summed E-state index contributed by atoms with van der Waals surface area (Å²) in [6.07, 6.45) is 1.67. The van der Waals surface area contributed by atoms with Gasteiger partial charge in [-0.25, -0.2) is 8.78 Å². The molecule has 8 nitrogen and oxygen atoms in total. The number of methoxy groups -OCH3 is 2. The molecule has 6 aromatic rings. The van der Waals surface area contributed by atoms with Gasteiger partial charge in [-0.2, -0.15) is 0 Å². The first-order valence-electron chi connectivity index (χ1n) is 23.1. The lowest BCUT2D eigenvalue weighted by Crippen LogP contribution is -2.14. The van der Waals surface area contributed by atoms with Gasteiger partial charge in [-0.1, -0.05) is 123 Å². The van der Waals surface area contributed by atoms with E-state index in [-0.39, 0.29) is 54.6 Å². The molecular formula is C59H70F2O8. The number of rotatable bonds is 18. The highest BCUT2D eigenvalue weighted by Crippen LogP contribution is 2.39. The highest BCUT2D eigenvalue weighted by molar-refractivity contribution is 5.73. The Balaban J connectivity index is 0.000000296. The molecule has 0 aliphatic rings. The van der Waals surface area contributed by atoms with Crippen molar-refractivity contribution >= 4 is 11.9 Å². The summed E-state index contributed by atoms with van der Waals surface area (Å²) in [6, 6.07) is 36.7. The fourth-order valence-corrected chi connectivity index (χ4v) is 8.22. The second-order valence-corrected chi connectivity index (χ2v) is 19.1. The van der Waals surface area contributed by atoms with Crippen LogP contribution in [0.1, 0.15) is 134 Å². The lowest BCUT2D eigenvalue weighted by Gasteiger charge is -2.24. The maximum atomic E-state index is 14.7. The third-order valence-electron chi connectivity index (χ3n) is 12.0. The number of aliphatic carboxylic acids is 2. The summed E-state index contributed by atoms with van der Waals surface area (Å²) in [5.41, 5.74) is 8.13. The highest BCUT2D eigenvalue weighted by atomic mass is 19.1. The molecule has 0 saturated carbocycles. The summed E-state index contributed by atoms with van der Waals surface area (Å²) >= 11 is 0. The van der Waals surface area contributed by atoms with Crippen LogP contribution in [-0.4, -0.2) is 36.4 Å². The summed E-state index contributed by atoms with van der Waals surface area (Å²) < 4.78 is 52.2. The lowest BCUT2D eigenvalue weighted by atomic mass is 9.81. The Bertz CT molecular complexity index is 2480. The van der Waals surface area contributed by atoms with Gasteiger partial charge in [0, 0.05) is 11.1 Å². The van der Waals surface area contributed by atoms with Gasteiger partial charge in [0.15, 0.2) is 0 Å². The van der Waals surface area contributed by atoms with E-state index in [0.29, 0.717) is 47.3 Å². The van der Waals surface area contributed by atoms with Crippen molar-refractivity contribution in [1.29, 1.82) is 0 Å². The monoisotopic (exact) mass is 945 g/mol. The van der Waals surface area contributed by atoms with Crippen molar-refractivity contribution in [3.63, 3.8) is 0 Å². The standard InChI is InChI=1S/2C29H33FO4.CH4/c2*1-6-20(16-28(31)32)21-8-7-9-23(15-21)34-18-19-10-12-24(26(14-19)29(2,3)4)25-17-22(33-5)11-13-27(25)30;/h2*7-15,17,20H,6,16,18H2,1-5H3,(H,31,32);1H4/t2*20-;/m10./s1. The van der Waals surface area contributed by atoms with Crippen molar-refractivity contribution in [3.8, 4) is 45.3 Å². The lowest BCUT2D eigenvalue weighted by molar-refractivity contribution is -0.138. The predicted molar refractivity (Wildman–Crippen MR) is 273 cm³/mol. The van der Waals surface area contributed by atoms with Crippen LogP contribution in [0, 0.1) is 11.6 Å². The van der Waals surface area contributed by atoms with E-state index in [1.807, 2.05) is 86.6 Å². The van der Waals surface area contributed by atoms with Gasteiger partial charge in [-0.15, -0.1) is 0 Å². The number of benzene rings is 6. The molecule has 2 N–H and O–H groups in total. The Hall–Kier alpha value is -6.68. The number of halogens is 2. The van der Waals surface area contributed by atoms with Crippen LogP contribution in [0.5, 0.6) is 23.0 Å². The van der Waals surface area contributed by atoms with E-state index < -0.39 is 11.9 Å². The molecule has 0 fully saturated rings. The minimum Gasteiger partial charge on any atom is -0.497 e. The molecule has 10 heteroatoms. The molecule has 6 aromatic carbocycles. The summed E-state index contributed by atoms with van der Waals surface area (Å²) in [5, 5.41) is 18.4. The first kappa shape index (κ1) is 54.9. The third-order valence-corrected chi connectivity index (χ3v) is 12.0. The van der Waals surface area contributed by atoms with Crippen molar-refractivity contribution < 1.29 is 47.5 Å². The van der Waals surface area contributed by atoms with E-state index >= 15 is 0 Å². The Morgan fingerprint density at radius 2 is 0.884 bits per heavy atom. The number of carboxylic acid groups (broad SMARTS) is 2. The van der Waals surface area contributed by atoms with Gasteiger partial charge in [-0.3, -0.25) is 9.59 Å². The molecule has 0 aliphatic heterocycles. The quantitative estimate of drug-likeness (QED) is 0.0876. The van der Waals surface area contributed by atoms with E-state index in [0.717, 1.165) is 57.3 Å². The molecule has 0 saturated heterocycles. The van der Waals surface area contributed by atoms with Crippen LogP contribution in [0.3, 0.4) is 0 Å². The Kier molecular flexibility index (Phi) is 19.5. The second-order valence-electron chi connectivity index (χ2n) is 19.1. The maximum Gasteiger partial charge on any atom is 0.303 e. The molecule has 368 valence electrons. The topological polar surface area (TPSA) is 112 Å². The fraction of sp³-hybridized carbons (Fsp3) is 0.356. The van der Waals surface area contributed by atoms with Crippen molar-refractivity contribution in [2.45, 2.75) is 124 Å². The number of hydrogen-bond acceptors (Lipinski definition) is 6. The van der Waals surface area contributed by atoms with Crippen LogP contribution in [0.2, 0.25) is 0 Å². The number of carboxylic acids is 2. The van der Waals surface area contributed by atoms with Crippen molar-refractivity contribution in [2.24, 2.45) is 0 Å².